The highest BCUT2D eigenvalue weighted by Gasteiger charge is 2.04. The highest BCUT2D eigenvalue weighted by molar-refractivity contribution is 5.77. The zero-order chi connectivity index (χ0) is 22.9. The Labute approximate surface area is 191 Å². The predicted molar refractivity (Wildman–Crippen MR) is 139 cm³/mol. The highest BCUT2D eigenvalue weighted by atomic mass is 14.9. The van der Waals surface area contributed by atoms with Gasteiger partial charge >= 0.3 is 0 Å². The maximum Gasteiger partial charge on any atom is 0.0143 e. The summed E-state index contributed by atoms with van der Waals surface area (Å²) < 4.78 is 0. The molecule has 0 amide bonds. The smallest absolute Gasteiger partial charge is 0.0143 e. The maximum absolute atomic E-state index is 4.21. The molecular formula is C29H44N2. The van der Waals surface area contributed by atoms with Crippen LogP contribution in [-0.2, 0) is 0 Å². The van der Waals surface area contributed by atoms with Crippen LogP contribution >= 0.6 is 0 Å². The molecule has 2 N–H and O–H groups in total. The SMILES string of the molecule is C1CCNCC1.C=C(/C(C)=C(\C)NCCCC)c1ccc(C)cc1.Cc1ccccc1. The van der Waals surface area contributed by atoms with Crippen molar-refractivity contribution in [1.29, 1.82) is 0 Å². The molecule has 2 aromatic rings. The van der Waals surface area contributed by atoms with Crippen molar-refractivity contribution >= 4 is 5.57 Å². The molecule has 0 unspecified atom stereocenters. The zero-order valence-electron chi connectivity index (χ0n) is 20.6. The van der Waals surface area contributed by atoms with Crippen molar-refractivity contribution in [2.45, 2.75) is 66.7 Å². The largest absolute Gasteiger partial charge is 0.388 e. The summed E-state index contributed by atoms with van der Waals surface area (Å²) in [6.45, 7) is 18.4. The van der Waals surface area contributed by atoms with Crippen molar-refractivity contribution in [2.24, 2.45) is 0 Å². The molecule has 3 rings (SSSR count). The van der Waals surface area contributed by atoms with Gasteiger partial charge in [-0.25, -0.2) is 0 Å². The first-order valence-corrected chi connectivity index (χ1v) is 11.9. The van der Waals surface area contributed by atoms with Crippen LogP contribution in [0.25, 0.3) is 5.57 Å². The zero-order valence-corrected chi connectivity index (χ0v) is 20.6. The van der Waals surface area contributed by atoms with E-state index in [4.69, 9.17) is 0 Å². The Balaban J connectivity index is 0.000000297. The number of allylic oxidation sites excluding steroid dienone is 3. The van der Waals surface area contributed by atoms with Gasteiger partial charge in [0.1, 0.15) is 0 Å². The molecule has 2 nitrogen and oxygen atoms in total. The normalized spacial score (nSPS) is 13.6. The summed E-state index contributed by atoms with van der Waals surface area (Å²) in [4.78, 5) is 0. The summed E-state index contributed by atoms with van der Waals surface area (Å²) in [5.41, 5.74) is 7.39. The first kappa shape index (κ1) is 26.7. The van der Waals surface area contributed by atoms with E-state index in [1.54, 1.807) is 0 Å². The van der Waals surface area contributed by atoms with E-state index in [1.807, 2.05) is 18.2 Å². The molecule has 1 heterocycles. The summed E-state index contributed by atoms with van der Waals surface area (Å²) >= 11 is 0. The maximum atomic E-state index is 4.21. The molecule has 31 heavy (non-hydrogen) atoms. The van der Waals surface area contributed by atoms with Gasteiger partial charge in [-0.15, -0.1) is 0 Å². The van der Waals surface area contributed by atoms with E-state index >= 15 is 0 Å². The van der Waals surface area contributed by atoms with Gasteiger partial charge in [0.05, 0.1) is 0 Å². The molecule has 0 bridgehead atoms. The lowest BCUT2D eigenvalue weighted by molar-refractivity contribution is 0.520. The van der Waals surface area contributed by atoms with E-state index in [0.717, 1.165) is 12.1 Å². The lowest BCUT2D eigenvalue weighted by Gasteiger charge is -2.13. The third-order valence-electron chi connectivity index (χ3n) is 5.48. The molecule has 1 fully saturated rings. The summed E-state index contributed by atoms with van der Waals surface area (Å²) in [5.74, 6) is 0. The summed E-state index contributed by atoms with van der Waals surface area (Å²) in [7, 11) is 0. The van der Waals surface area contributed by atoms with Gasteiger partial charge in [-0.2, -0.15) is 0 Å². The van der Waals surface area contributed by atoms with Gasteiger partial charge in [-0.3, -0.25) is 0 Å². The highest BCUT2D eigenvalue weighted by Crippen LogP contribution is 2.22. The predicted octanol–water partition coefficient (Wildman–Crippen LogP) is 7.45. The Kier molecular flexibility index (Phi) is 14.1. The molecule has 1 saturated heterocycles. The minimum Gasteiger partial charge on any atom is -0.388 e. The average molecular weight is 421 g/mol. The van der Waals surface area contributed by atoms with Crippen LogP contribution in [0.5, 0.6) is 0 Å². The number of hydrogen-bond acceptors (Lipinski definition) is 2. The minimum atomic E-state index is 1.04. The Morgan fingerprint density at radius 3 is 1.87 bits per heavy atom. The second kappa shape index (κ2) is 16.4. The number of hydrogen-bond donors (Lipinski definition) is 2. The fourth-order valence-electron chi connectivity index (χ4n) is 3.12. The molecular weight excluding hydrogens is 376 g/mol. The van der Waals surface area contributed by atoms with Crippen molar-refractivity contribution in [3.63, 3.8) is 0 Å². The van der Waals surface area contributed by atoms with Gasteiger partial charge in [0.2, 0.25) is 0 Å². The van der Waals surface area contributed by atoms with Crippen molar-refractivity contribution in [2.75, 3.05) is 19.6 Å². The van der Waals surface area contributed by atoms with Crippen molar-refractivity contribution in [1.82, 2.24) is 10.6 Å². The molecule has 0 spiro atoms. The Bertz CT molecular complexity index is 742. The fourth-order valence-corrected chi connectivity index (χ4v) is 3.12. The lowest BCUT2D eigenvalue weighted by atomic mass is 9.98. The molecule has 0 aromatic heterocycles. The molecule has 0 aliphatic carbocycles. The van der Waals surface area contributed by atoms with Gasteiger partial charge in [0.15, 0.2) is 0 Å². The second-order valence-corrected chi connectivity index (χ2v) is 8.34. The quantitative estimate of drug-likeness (QED) is 0.374. The topological polar surface area (TPSA) is 24.1 Å². The van der Waals surface area contributed by atoms with Gasteiger partial charge in [0, 0.05) is 12.2 Å². The van der Waals surface area contributed by atoms with Gasteiger partial charge in [-0.05, 0) is 76.8 Å². The van der Waals surface area contributed by atoms with Gasteiger partial charge in [-0.1, -0.05) is 92.1 Å². The number of piperidine rings is 1. The van der Waals surface area contributed by atoms with Crippen LogP contribution in [-0.4, -0.2) is 19.6 Å². The van der Waals surface area contributed by atoms with Crippen LogP contribution in [0.3, 0.4) is 0 Å². The molecule has 170 valence electrons. The van der Waals surface area contributed by atoms with Gasteiger partial charge < -0.3 is 10.6 Å². The van der Waals surface area contributed by atoms with Gasteiger partial charge in [0.25, 0.3) is 0 Å². The van der Waals surface area contributed by atoms with E-state index in [0.29, 0.717) is 0 Å². The Morgan fingerprint density at radius 1 is 0.871 bits per heavy atom. The molecule has 1 aliphatic rings. The van der Waals surface area contributed by atoms with Crippen LogP contribution in [0.4, 0.5) is 0 Å². The van der Waals surface area contributed by atoms with Crippen molar-refractivity contribution < 1.29 is 0 Å². The fraction of sp³-hybridized carbons (Fsp3) is 0.448. The third kappa shape index (κ3) is 12.2. The molecule has 0 saturated carbocycles. The van der Waals surface area contributed by atoms with E-state index < -0.39 is 0 Å². The Hall–Kier alpha value is -2.32. The number of rotatable bonds is 6. The first-order chi connectivity index (χ1) is 15.0. The van der Waals surface area contributed by atoms with Crippen LogP contribution in [0.15, 0.2) is 72.4 Å². The minimum absolute atomic E-state index is 1.04. The van der Waals surface area contributed by atoms with E-state index in [9.17, 15) is 0 Å². The number of unbranched alkanes of at least 4 members (excludes halogenated alkanes) is 1. The van der Waals surface area contributed by atoms with Crippen LogP contribution in [0, 0.1) is 13.8 Å². The summed E-state index contributed by atoms with van der Waals surface area (Å²) in [5, 5.41) is 6.75. The van der Waals surface area contributed by atoms with Crippen molar-refractivity contribution in [3.05, 3.63) is 89.1 Å². The van der Waals surface area contributed by atoms with Crippen LogP contribution in [0.1, 0.15) is 69.6 Å². The summed E-state index contributed by atoms with van der Waals surface area (Å²) in [6.07, 6.45) is 6.65. The van der Waals surface area contributed by atoms with E-state index in [1.165, 1.54) is 73.2 Å². The molecule has 0 radical (unpaired) electrons. The van der Waals surface area contributed by atoms with Crippen LogP contribution in [0.2, 0.25) is 0 Å². The van der Waals surface area contributed by atoms with E-state index in [2.05, 4.69) is 88.2 Å². The molecule has 2 aromatic carbocycles. The molecule has 2 heteroatoms. The second-order valence-electron chi connectivity index (χ2n) is 8.34. The standard InChI is InChI=1S/C17H25N.C7H8.C5H11N/c1-6-7-12-18-16(5)14(3)15(4)17-10-8-13(2)9-11-17;1-7-5-3-2-4-6-7;1-2-4-6-5-3-1/h8-11,18H,4,6-7,12H2,1-3,5H3;2-6H,1H3;6H,1-5H2/b16-14+;;. The van der Waals surface area contributed by atoms with Crippen LogP contribution < -0.4 is 10.6 Å². The number of aryl methyl sites for hydroxylation is 2. The summed E-state index contributed by atoms with van der Waals surface area (Å²) in [6, 6.07) is 18.8. The lowest BCUT2D eigenvalue weighted by Crippen LogP contribution is -2.21. The number of benzene rings is 2. The average Bonchev–Trinajstić information content (AvgIpc) is 2.81. The first-order valence-electron chi connectivity index (χ1n) is 11.9. The Morgan fingerprint density at radius 2 is 1.45 bits per heavy atom. The molecule has 0 atom stereocenters. The van der Waals surface area contributed by atoms with Crippen molar-refractivity contribution in [3.8, 4) is 0 Å². The van der Waals surface area contributed by atoms with E-state index in [-0.39, 0.29) is 0 Å². The third-order valence-corrected chi connectivity index (χ3v) is 5.48. The monoisotopic (exact) mass is 420 g/mol. The molecule has 1 aliphatic heterocycles. The number of nitrogens with one attached hydrogen (secondary N) is 2.